The van der Waals surface area contributed by atoms with E-state index >= 15 is 0 Å². The van der Waals surface area contributed by atoms with Gasteiger partial charge in [-0.05, 0) is 28.9 Å². The minimum atomic E-state index is -1.25. The predicted molar refractivity (Wildman–Crippen MR) is 130 cm³/mol. The second kappa shape index (κ2) is 6.81. The van der Waals surface area contributed by atoms with E-state index in [1.165, 1.54) is 38.8 Å². The number of fused-ring (bicyclic) bond motifs is 1. The molecule has 0 bridgehead atoms. The number of rotatable bonds is 4. The van der Waals surface area contributed by atoms with Crippen LogP contribution in [-0.2, 0) is 0 Å². The van der Waals surface area contributed by atoms with Crippen LogP contribution in [0.4, 0.5) is 0 Å². The Kier molecular flexibility index (Phi) is 5.57. The summed E-state index contributed by atoms with van der Waals surface area (Å²) in [5.74, 6) is 1.58. The van der Waals surface area contributed by atoms with E-state index in [0.29, 0.717) is 0 Å². The quantitative estimate of drug-likeness (QED) is 0.405. The molecule has 2 unspecified atom stereocenters. The van der Waals surface area contributed by atoms with Crippen molar-refractivity contribution >= 4 is 38.0 Å². The van der Waals surface area contributed by atoms with Crippen LogP contribution in [0, 0.1) is 0 Å². The summed E-state index contributed by atoms with van der Waals surface area (Å²) in [6.45, 7) is 28.0. The molecule has 0 aromatic carbocycles. The average molecular weight is 427 g/mol. The van der Waals surface area contributed by atoms with Gasteiger partial charge in [0, 0.05) is 25.3 Å². The van der Waals surface area contributed by atoms with Crippen LogP contribution in [0.2, 0.25) is 58.9 Å². The number of hydrogen-bond acceptors (Lipinski definition) is 2. The molecule has 2 saturated heterocycles. The van der Waals surface area contributed by atoms with Crippen LogP contribution in [0.25, 0.3) is 0 Å². The lowest BCUT2D eigenvalue weighted by Gasteiger charge is -2.43. The zero-order valence-electron chi connectivity index (χ0n) is 18.9. The molecule has 3 aliphatic rings. The van der Waals surface area contributed by atoms with Gasteiger partial charge in [0.1, 0.15) is 5.84 Å². The highest BCUT2D eigenvalue weighted by atomic mass is 31.1. The van der Waals surface area contributed by atoms with Crippen molar-refractivity contribution in [1.29, 1.82) is 0 Å². The molecule has 0 N–H and O–H groups in total. The largest absolute Gasteiger partial charge is 0.360 e. The lowest BCUT2D eigenvalue weighted by atomic mass is 10.2. The van der Waals surface area contributed by atoms with Gasteiger partial charge < -0.3 is 4.90 Å². The molecule has 0 aliphatic carbocycles. The van der Waals surface area contributed by atoms with Crippen LogP contribution in [0.5, 0.6) is 0 Å². The summed E-state index contributed by atoms with van der Waals surface area (Å²) in [4.78, 5) is 7.93. The Balaban J connectivity index is 2.10. The second-order valence-electron chi connectivity index (χ2n) is 12.0. The van der Waals surface area contributed by atoms with Crippen molar-refractivity contribution < 1.29 is 0 Å². The number of nitrogens with zero attached hydrogens (tertiary/aromatic N) is 2. The Morgan fingerprint density at radius 3 is 1.96 bits per heavy atom. The van der Waals surface area contributed by atoms with Crippen LogP contribution in [0.15, 0.2) is 4.99 Å². The van der Waals surface area contributed by atoms with E-state index in [2.05, 4.69) is 63.8 Å². The summed E-state index contributed by atoms with van der Waals surface area (Å²) in [6.07, 6.45) is 5.55. The van der Waals surface area contributed by atoms with Gasteiger partial charge in [-0.15, -0.1) is 0 Å². The van der Waals surface area contributed by atoms with Gasteiger partial charge in [-0.25, -0.2) is 0 Å². The molecule has 0 aromatic rings. The average Bonchev–Trinajstić information content (AvgIpc) is 3.21. The fourth-order valence-corrected chi connectivity index (χ4v) is 43.8. The summed E-state index contributed by atoms with van der Waals surface area (Å²) < 4.78 is 0.778. The SMILES string of the molecule is C[Si](C)(C)C1[P@@](C2CCCCN3CCCN=C23)C1([Si](C)(C)C)[Si](C)(C)C. The molecule has 6 heteroatoms. The van der Waals surface area contributed by atoms with E-state index in [1.54, 1.807) is 5.84 Å². The molecule has 0 amide bonds. The first-order valence-corrected chi connectivity index (χ1v) is 23.0. The van der Waals surface area contributed by atoms with Crippen molar-refractivity contribution in [3.05, 3.63) is 0 Å². The monoisotopic (exact) mass is 426 g/mol. The van der Waals surface area contributed by atoms with Gasteiger partial charge in [-0.3, -0.25) is 4.99 Å². The first-order valence-electron chi connectivity index (χ1n) is 10.9. The number of amidine groups is 1. The fraction of sp³-hybridized carbons (Fsp3) is 0.950. The van der Waals surface area contributed by atoms with Crippen LogP contribution in [-0.4, -0.2) is 69.9 Å². The molecule has 0 spiro atoms. The third kappa shape index (κ3) is 3.27. The van der Waals surface area contributed by atoms with E-state index < -0.39 is 24.2 Å². The lowest BCUT2D eigenvalue weighted by molar-refractivity contribution is 0.391. The fourth-order valence-electron chi connectivity index (χ4n) is 6.75. The van der Waals surface area contributed by atoms with Crippen molar-refractivity contribution in [2.75, 3.05) is 19.6 Å². The van der Waals surface area contributed by atoms with Gasteiger partial charge in [-0.1, -0.05) is 73.3 Å². The van der Waals surface area contributed by atoms with Crippen LogP contribution in [0.1, 0.15) is 25.7 Å². The maximum absolute atomic E-state index is 5.21. The standard InChI is InChI=1S/C20H43N2PSi3/c1-24(2,3)19-20(25(4,5)6,26(7,8)9)23(19)17-13-10-11-15-22-16-12-14-21-18(17)22/h17,19H,10-16H2,1-9H3/t17?,19?,23-/m1/s1. The Morgan fingerprint density at radius 1 is 0.885 bits per heavy atom. The van der Waals surface area contributed by atoms with Gasteiger partial charge in [0.2, 0.25) is 0 Å². The van der Waals surface area contributed by atoms with Crippen molar-refractivity contribution in [3.8, 4) is 0 Å². The Morgan fingerprint density at radius 2 is 1.46 bits per heavy atom. The Bertz CT molecular complexity index is 557. The van der Waals surface area contributed by atoms with Gasteiger partial charge in [0.05, 0.1) is 24.2 Å². The molecule has 3 aliphatic heterocycles. The highest BCUT2D eigenvalue weighted by Crippen LogP contribution is 2.85. The zero-order chi connectivity index (χ0) is 19.5. The molecule has 2 fully saturated rings. The topological polar surface area (TPSA) is 15.6 Å². The highest BCUT2D eigenvalue weighted by Gasteiger charge is 2.79. The van der Waals surface area contributed by atoms with Crippen LogP contribution < -0.4 is 0 Å². The molecule has 3 atom stereocenters. The Hall–Kier alpha value is 0.551. The van der Waals surface area contributed by atoms with Gasteiger partial charge >= 0.3 is 0 Å². The first kappa shape index (κ1) is 21.3. The summed E-state index contributed by atoms with van der Waals surface area (Å²) >= 11 is 0. The maximum Gasteiger partial charge on any atom is 0.106 e. The molecule has 0 aromatic heterocycles. The molecule has 3 heterocycles. The molecule has 150 valence electrons. The van der Waals surface area contributed by atoms with Crippen molar-refractivity contribution in [3.63, 3.8) is 0 Å². The van der Waals surface area contributed by atoms with E-state index in [0.717, 1.165) is 21.9 Å². The van der Waals surface area contributed by atoms with Gasteiger partial charge in [0.15, 0.2) is 0 Å². The third-order valence-corrected chi connectivity index (χ3v) is 31.8. The molecule has 0 saturated carbocycles. The molecule has 2 nitrogen and oxygen atoms in total. The van der Waals surface area contributed by atoms with Crippen molar-refractivity contribution in [2.24, 2.45) is 4.99 Å². The van der Waals surface area contributed by atoms with Crippen molar-refractivity contribution in [2.45, 2.75) is 100.0 Å². The predicted octanol–water partition coefficient (Wildman–Crippen LogP) is 5.88. The molecular formula is C20H43N2PSi3. The summed E-state index contributed by atoms with van der Waals surface area (Å²) in [6, 6.07) is 0. The van der Waals surface area contributed by atoms with E-state index in [1.807, 2.05) is 0 Å². The normalized spacial score (nSPS) is 32.6. The minimum absolute atomic E-state index is 0.108. The maximum atomic E-state index is 5.21. The van der Waals surface area contributed by atoms with Crippen LogP contribution in [0.3, 0.4) is 0 Å². The highest BCUT2D eigenvalue weighted by molar-refractivity contribution is 7.81. The number of hydrogen-bond donors (Lipinski definition) is 0. The molecule has 26 heavy (non-hydrogen) atoms. The van der Waals surface area contributed by atoms with E-state index in [9.17, 15) is 0 Å². The number of aliphatic imine (C=N–C) groups is 1. The Labute approximate surface area is 167 Å². The van der Waals surface area contributed by atoms with Crippen LogP contribution >= 0.6 is 7.92 Å². The smallest absolute Gasteiger partial charge is 0.106 e. The van der Waals surface area contributed by atoms with Gasteiger partial charge in [-0.2, -0.15) is 0 Å². The molecule has 0 radical (unpaired) electrons. The van der Waals surface area contributed by atoms with Gasteiger partial charge in [0.25, 0.3) is 0 Å². The van der Waals surface area contributed by atoms with E-state index in [-0.39, 0.29) is 7.92 Å². The zero-order valence-corrected chi connectivity index (χ0v) is 22.8. The lowest BCUT2D eigenvalue weighted by Crippen LogP contribution is -2.61. The second-order valence-corrected chi connectivity index (χ2v) is 32.4. The summed E-state index contributed by atoms with van der Waals surface area (Å²) in [5, 5.41) is 1.10. The van der Waals surface area contributed by atoms with E-state index in [4.69, 9.17) is 4.99 Å². The molecular weight excluding hydrogens is 383 g/mol. The molecule has 3 rings (SSSR count). The minimum Gasteiger partial charge on any atom is -0.360 e. The van der Waals surface area contributed by atoms with Crippen molar-refractivity contribution in [1.82, 2.24) is 4.90 Å². The summed E-state index contributed by atoms with van der Waals surface area (Å²) in [7, 11) is -3.57. The first-order chi connectivity index (χ1) is 11.8. The summed E-state index contributed by atoms with van der Waals surface area (Å²) in [5.41, 5.74) is 0.836. The third-order valence-electron chi connectivity index (χ3n) is 7.09.